The Morgan fingerprint density at radius 1 is 0.778 bits per heavy atom. The van der Waals surface area contributed by atoms with Crippen molar-refractivity contribution in [3.8, 4) is 0 Å². The Kier molecular flexibility index (Phi) is 9.22. The van der Waals surface area contributed by atoms with Gasteiger partial charge in [-0.25, -0.2) is 4.57 Å². The molecular weight excluding hydrogens is 367 g/mol. The highest BCUT2D eigenvalue weighted by atomic mass is 31.2. The van der Waals surface area contributed by atoms with E-state index in [9.17, 15) is 9.36 Å². The SMILES string of the molecule is O=C(O)CCCCCOP(=O)(OCc1ccccc1)OCc1ccccc1. The molecule has 27 heavy (non-hydrogen) atoms. The van der Waals surface area contributed by atoms with Gasteiger partial charge in [0.15, 0.2) is 0 Å². The number of aliphatic carboxylic acids is 1. The van der Waals surface area contributed by atoms with Gasteiger partial charge in [0, 0.05) is 6.42 Å². The van der Waals surface area contributed by atoms with E-state index in [1.165, 1.54) is 0 Å². The van der Waals surface area contributed by atoms with Crippen molar-refractivity contribution in [2.75, 3.05) is 6.61 Å². The number of unbranched alkanes of at least 4 members (excludes halogenated alkanes) is 2. The number of phosphoric acid groups is 1. The summed E-state index contributed by atoms with van der Waals surface area (Å²) in [7, 11) is -3.73. The average molecular weight is 392 g/mol. The third-order valence-corrected chi connectivity index (χ3v) is 5.14. The molecule has 0 aliphatic rings. The van der Waals surface area contributed by atoms with Gasteiger partial charge in [-0.3, -0.25) is 18.4 Å². The van der Waals surface area contributed by atoms with Gasteiger partial charge in [0.2, 0.25) is 0 Å². The van der Waals surface area contributed by atoms with Crippen LogP contribution in [0.2, 0.25) is 0 Å². The summed E-state index contributed by atoms with van der Waals surface area (Å²) in [5.41, 5.74) is 1.73. The first kappa shape index (κ1) is 21.3. The van der Waals surface area contributed by atoms with Gasteiger partial charge >= 0.3 is 13.8 Å². The number of hydrogen-bond acceptors (Lipinski definition) is 5. The molecule has 7 heteroatoms. The van der Waals surface area contributed by atoms with Crippen LogP contribution < -0.4 is 0 Å². The normalized spacial score (nSPS) is 11.4. The summed E-state index contributed by atoms with van der Waals surface area (Å²) < 4.78 is 29.4. The van der Waals surface area contributed by atoms with Crippen LogP contribution in [0.1, 0.15) is 36.8 Å². The van der Waals surface area contributed by atoms with E-state index < -0.39 is 13.8 Å². The Balaban J connectivity index is 1.86. The number of carboxylic acid groups (broad SMARTS) is 1. The van der Waals surface area contributed by atoms with Crippen LogP contribution >= 0.6 is 7.82 Å². The van der Waals surface area contributed by atoms with E-state index in [0.29, 0.717) is 19.3 Å². The molecule has 0 heterocycles. The maximum absolute atomic E-state index is 12.9. The van der Waals surface area contributed by atoms with Crippen molar-refractivity contribution in [2.24, 2.45) is 0 Å². The van der Waals surface area contributed by atoms with Crippen molar-refractivity contribution >= 4 is 13.8 Å². The summed E-state index contributed by atoms with van der Waals surface area (Å²) in [6.07, 6.45) is 1.93. The van der Waals surface area contributed by atoms with E-state index in [-0.39, 0.29) is 26.2 Å². The molecule has 0 atom stereocenters. The number of rotatable bonds is 13. The van der Waals surface area contributed by atoms with Gasteiger partial charge in [-0.05, 0) is 24.0 Å². The van der Waals surface area contributed by atoms with Crippen LogP contribution in [0.3, 0.4) is 0 Å². The molecule has 6 nitrogen and oxygen atoms in total. The van der Waals surface area contributed by atoms with Crippen LogP contribution in [0.4, 0.5) is 0 Å². The highest BCUT2D eigenvalue weighted by molar-refractivity contribution is 7.48. The van der Waals surface area contributed by atoms with Crippen LogP contribution in [-0.2, 0) is 36.1 Å². The lowest BCUT2D eigenvalue weighted by Gasteiger charge is -2.18. The van der Waals surface area contributed by atoms with Gasteiger partial charge in [-0.2, -0.15) is 0 Å². The molecule has 0 spiro atoms. The number of carboxylic acids is 1. The fraction of sp³-hybridized carbons (Fsp3) is 0.350. The first-order valence-electron chi connectivity index (χ1n) is 8.91. The number of benzene rings is 2. The minimum Gasteiger partial charge on any atom is -0.481 e. The molecule has 0 saturated heterocycles. The van der Waals surface area contributed by atoms with Gasteiger partial charge < -0.3 is 5.11 Å². The zero-order chi connectivity index (χ0) is 19.4. The van der Waals surface area contributed by atoms with Crippen LogP contribution in [0.5, 0.6) is 0 Å². The highest BCUT2D eigenvalue weighted by Gasteiger charge is 2.26. The van der Waals surface area contributed by atoms with E-state index in [0.717, 1.165) is 11.1 Å². The monoisotopic (exact) mass is 392 g/mol. The predicted octanol–water partition coefficient (Wildman–Crippen LogP) is 5.19. The first-order chi connectivity index (χ1) is 13.1. The lowest BCUT2D eigenvalue weighted by molar-refractivity contribution is -0.137. The maximum Gasteiger partial charge on any atom is 0.475 e. The molecule has 0 aromatic heterocycles. The predicted molar refractivity (Wildman–Crippen MR) is 102 cm³/mol. The number of carbonyl (C=O) groups is 1. The third kappa shape index (κ3) is 8.98. The van der Waals surface area contributed by atoms with Crippen molar-refractivity contribution in [3.63, 3.8) is 0 Å². The van der Waals surface area contributed by atoms with Crippen LogP contribution in [0, 0.1) is 0 Å². The fourth-order valence-corrected chi connectivity index (χ4v) is 3.49. The van der Waals surface area contributed by atoms with E-state index in [1.54, 1.807) is 0 Å². The summed E-state index contributed by atoms with van der Waals surface area (Å²) in [5.74, 6) is -0.820. The van der Waals surface area contributed by atoms with Gasteiger partial charge in [0.05, 0.1) is 19.8 Å². The zero-order valence-electron chi connectivity index (χ0n) is 15.2. The van der Waals surface area contributed by atoms with Crippen molar-refractivity contribution in [3.05, 3.63) is 71.8 Å². The van der Waals surface area contributed by atoms with Crippen LogP contribution in [0.15, 0.2) is 60.7 Å². The minimum absolute atomic E-state index is 0.117. The quantitative estimate of drug-likeness (QED) is 0.373. The van der Waals surface area contributed by atoms with E-state index in [1.807, 2.05) is 60.7 Å². The average Bonchev–Trinajstić information content (AvgIpc) is 2.69. The molecule has 2 rings (SSSR count). The van der Waals surface area contributed by atoms with Gasteiger partial charge in [-0.15, -0.1) is 0 Å². The smallest absolute Gasteiger partial charge is 0.475 e. The van der Waals surface area contributed by atoms with Gasteiger partial charge in [0.25, 0.3) is 0 Å². The van der Waals surface area contributed by atoms with Crippen molar-refractivity contribution in [1.29, 1.82) is 0 Å². The second kappa shape index (κ2) is 11.7. The molecule has 2 aromatic rings. The molecule has 0 amide bonds. The van der Waals surface area contributed by atoms with E-state index >= 15 is 0 Å². The van der Waals surface area contributed by atoms with Gasteiger partial charge in [-0.1, -0.05) is 67.1 Å². The minimum atomic E-state index is -3.73. The molecule has 0 bridgehead atoms. The number of hydrogen-bond donors (Lipinski definition) is 1. The lowest BCUT2D eigenvalue weighted by atomic mass is 10.2. The van der Waals surface area contributed by atoms with Crippen LogP contribution in [-0.4, -0.2) is 17.7 Å². The first-order valence-corrected chi connectivity index (χ1v) is 10.4. The summed E-state index contributed by atoms with van der Waals surface area (Å²) in [4.78, 5) is 10.5. The largest absolute Gasteiger partial charge is 0.481 e. The molecule has 0 aliphatic carbocycles. The maximum atomic E-state index is 12.9. The van der Waals surface area contributed by atoms with E-state index in [2.05, 4.69) is 0 Å². The summed E-state index contributed by atoms with van der Waals surface area (Å²) in [6, 6.07) is 18.7. The second-order valence-corrected chi connectivity index (χ2v) is 7.67. The lowest BCUT2D eigenvalue weighted by Crippen LogP contribution is -2.03. The molecule has 0 radical (unpaired) electrons. The Hall–Kier alpha value is -1.98. The molecule has 0 unspecified atom stereocenters. The fourth-order valence-electron chi connectivity index (χ4n) is 2.30. The van der Waals surface area contributed by atoms with Gasteiger partial charge in [0.1, 0.15) is 0 Å². The summed E-state index contributed by atoms with van der Waals surface area (Å²) in [6.45, 7) is 0.415. The van der Waals surface area contributed by atoms with Crippen molar-refractivity contribution in [1.82, 2.24) is 0 Å². The molecule has 1 N–H and O–H groups in total. The van der Waals surface area contributed by atoms with Crippen LogP contribution in [0.25, 0.3) is 0 Å². The van der Waals surface area contributed by atoms with E-state index in [4.69, 9.17) is 18.7 Å². The number of phosphoric ester groups is 1. The van der Waals surface area contributed by atoms with Crippen molar-refractivity contribution in [2.45, 2.75) is 38.9 Å². The molecular formula is C20H25O6P. The molecule has 2 aromatic carbocycles. The zero-order valence-corrected chi connectivity index (χ0v) is 16.1. The summed E-state index contributed by atoms with van der Waals surface area (Å²) in [5, 5.41) is 8.64. The Morgan fingerprint density at radius 3 is 1.78 bits per heavy atom. The summed E-state index contributed by atoms with van der Waals surface area (Å²) >= 11 is 0. The molecule has 0 saturated carbocycles. The molecule has 0 aliphatic heterocycles. The molecule has 146 valence electrons. The topological polar surface area (TPSA) is 82.1 Å². The Bertz CT molecular complexity index is 672. The Morgan fingerprint density at radius 2 is 1.30 bits per heavy atom. The second-order valence-electron chi connectivity index (χ2n) is 6.00. The highest BCUT2D eigenvalue weighted by Crippen LogP contribution is 2.51. The third-order valence-electron chi connectivity index (χ3n) is 3.75. The standard InChI is InChI=1S/C20H25O6P/c21-20(22)14-8-3-9-15-24-27(23,25-16-18-10-4-1-5-11-18)26-17-19-12-6-2-7-13-19/h1-2,4-7,10-13H,3,8-9,14-17H2,(H,21,22). The molecule has 0 fully saturated rings. The Labute approximate surface area is 159 Å². The van der Waals surface area contributed by atoms with Crippen molar-refractivity contribution < 1.29 is 28.0 Å².